The minimum absolute atomic E-state index is 0. The van der Waals surface area contributed by atoms with E-state index in [1.807, 2.05) is 37.3 Å². The Morgan fingerprint density at radius 2 is 1.54 bits per heavy atom. The van der Waals surface area contributed by atoms with Crippen molar-refractivity contribution >= 4 is 25.4 Å². The summed E-state index contributed by atoms with van der Waals surface area (Å²) in [5, 5.41) is 5.18. The number of benzene rings is 1. The standard InChI is InChI=1S/C19H30N2O2.H2S/c1-3-4-5-6-7-8-12-15-18(22)21-19(23)20-16(2)17-13-10-9-11-14-17;/h9-11,13-14,16H,3-8,12,15H2,1-2H3,(H2,20,21,22,23);1H2/t16-;/m0./s1. The molecule has 0 saturated carbocycles. The molecule has 0 heterocycles. The number of imide groups is 1. The van der Waals surface area contributed by atoms with Crippen LogP contribution in [0.3, 0.4) is 0 Å². The summed E-state index contributed by atoms with van der Waals surface area (Å²) < 4.78 is 0. The second kappa shape index (κ2) is 13.9. The minimum atomic E-state index is -0.422. The van der Waals surface area contributed by atoms with E-state index in [1.54, 1.807) is 0 Å². The van der Waals surface area contributed by atoms with E-state index in [9.17, 15) is 9.59 Å². The topological polar surface area (TPSA) is 58.2 Å². The van der Waals surface area contributed by atoms with Crippen molar-refractivity contribution in [3.8, 4) is 0 Å². The van der Waals surface area contributed by atoms with Crippen molar-refractivity contribution in [1.29, 1.82) is 0 Å². The summed E-state index contributed by atoms with van der Waals surface area (Å²) in [6.45, 7) is 4.10. The van der Waals surface area contributed by atoms with Crippen LogP contribution >= 0.6 is 13.5 Å². The molecule has 0 saturated heterocycles. The largest absolute Gasteiger partial charge is 0.331 e. The van der Waals surface area contributed by atoms with Crippen LogP contribution in [0, 0.1) is 0 Å². The summed E-state index contributed by atoms with van der Waals surface area (Å²) >= 11 is 0. The number of carbonyl (C=O) groups excluding carboxylic acids is 2. The van der Waals surface area contributed by atoms with Crippen LogP contribution in [0.15, 0.2) is 30.3 Å². The highest BCUT2D eigenvalue weighted by Gasteiger charge is 2.11. The normalized spacial score (nSPS) is 11.2. The van der Waals surface area contributed by atoms with Crippen LogP contribution in [0.5, 0.6) is 0 Å². The van der Waals surface area contributed by atoms with Gasteiger partial charge in [0.15, 0.2) is 0 Å². The lowest BCUT2D eigenvalue weighted by molar-refractivity contribution is -0.120. The fraction of sp³-hybridized carbons (Fsp3) is 0.579. The minimum Gasteiger partial charge on any atom is -0.331 e. The highest BCUT2D eigenvalue weighted by molar-refractivity contribution is 7.59. The molecule has 1 atom stereocenters. The Morgan fingerprint density at radius 3 is 2.17 bits per heavy atom. The summed E-state index contributed by atoms with van der Waals surface area (Å²) in [7, 11) is 0. The van der Waals surface area contributed by atoms with E-state index in [4.69, 9.17) is 0 Å². The van der Waals surface area contributed by atoms with Gasteiger partial charge >= 0.3 is 6.03 Å². The van der Waals surface area contributed by atoms with Crippen LogP contribution in [-0.2, 0) is 4.79 Å². The Labute approximate surface area is 153 Å². The van der Waals surface area contributed by atoms with Crippen molar-refractivity contribution in [2.24, 2.45) is 0 Å². The van der Waals surface area contributed by atoms with Crippen LogP contribution < -0.4 is 10.6 Å². The number of unbranched alkanes of at least 4 members (excludes halogenated alkanes) is 6. The van der Waals surface area contributed by atoms with Gasteiger partial charge in [-0.3, -0.25) is 10.1 Å². The second-order valence-corrected chi connectivity index (χ2v) is 6.03. The molecule has 0 aromatic heterocycles. The number of urea groups is 1. The van der Waals surface area contributed by atoms with E-state index in [2.05, 4.69) is 17.6 Å². The predicted molar refractivity (Wildman–Crippen MR) is 105 cm³/mol. The first-order valence-corrected chi connectivity index (χ1v) is 8.78. The first kappa shape index (κ1) is 22.5. The van der Waals surface area contributed by atoms with E-state index in [-0.39, 0.29) is 25.4 Å². The maximum absolute atomic E-state index is 11.8. The van der Waals surface area contributed by atoms with Crippen LogP contribution in [0.25, 0.3) is 0 Å². The van der Waals surface area contributed by atoms with Gasteiger partial charge < -0.3 is 5.32 Å². The monoisotopic (exact) mass is 352 g/mol. The third-order valence-electron chi connectivity index (χ3n) is 3.91. The van der Waals surface area contributed by atoms with Gasteiger partial charge in [-0.1, -0.05) is 75.8 Å². The average Bonchev–Trinajstić information content (AvgIpc) is 2.54. The van der Waals surface area contributed by atoms with Gasteiger partial charge in [0.2, 0.25) is 5.91 Å². The molecule has 1 aromatic rings. The van der Waals surface area contributed by atoms with Gasteiger partial charge in [0.25, 0.3) is 0 Å². The fourth-order valence-electron chi connectivity index (χ4n) is 2.49. The third-order valence-corrected chi connectivity index (χ3v) is 3.91. The molecule has 0 unspecified atom stereocenters. The van der Waals surface area contributed by atoms with E-state index in [0.29, 0.717) is 6.42 Å². The summed E-state index contributed by atoms with van der Waals surface area (Å²) in [5.41, 5.74) is 1.02. The van der Waals surface area contributed by atoms with E-state index < -0.39 is 6.03 Å². The van der Waals surface area contributed by atoms with Crippen molar-refractivity contribution < 1.29 is 9.59 Å². The Bertz CT molecular complexity index is 466. The molecule has 0 radical (unpaired) electrons. The highest BCUT2D eigenvalue weighted by Crippen LogP contribution is 2.11. The molecule has 0 fully saturated rings. The van der Waals surface area contributed by atoms with E-state index in [0.717, 1.165) is 18.4 Å². The zero-order valence-corrected chi connectivity index (χ0v) is 15.9. The quantitative estimate of drug-likeness (QED) is 0.593. The third kappa shape index (κ3) is 10.3. The van der Waals surface area contributed by atoms with Crippen molar-refractivity contribution in [3.05, 3.63) is 35.9 Å². The highest BCUT2D eigenvalue weighted by atomic mass is 32.1. The molecular weight excluding hydrogens is 320 g/mol. The molecule has 2 N–H and O–H groups in total. The maximum atomic E-state index is 11.8. The van der Waals surface area contributed by atoms with Gasteiger partial charge in [0.1, 0.15) is 0 Å². The van der Waals surface area contributed by atoms with Crippen LogP contribution in [-0.4, -0.2) is 11.9 Å². The fourth-order valence-corrected chi connectivity index (χ4v) is 2.49. The number of hydrogen-bond donors (Lipinski definition) is 2. The molecule has 0 aliphatic carbocycles. The lowest BCUT2D eigenvalue weighted by Gasteiger charge is -2.14. The molecule has 24 heavy (non-hydrogen) atoms. The van der Waals surface area contributed by atoms with Crippen molar-refractivity contribution in [2.45, 2.75) is 71.3 Å². The summed E-state index contributed by atoms with van der Waals surface area (Å²) in [5.74, 6) is -0.198. The van der Waals surface area contributed by atoms with Crippen LogP contribution in [0.4, 0.5) is 4.79 Å². The predicted octanol–water partition coefficient (Wildman–Crippen LogP) is 4.83. The number of rotatable bonds is 10. The lowest BCUT2D eigenvalue weighted by atomic mass is 10.1. The van der Waals surface area contributed by atoms with Crippen molar-refractivity contribution in [3.63, 3.8) is 0 Å². The van der Waals surface area contributed by atoms with Crippen molar-refractivity contribution in [1.82, 2.24) is 10.6 Å². The molecule has 4 nitrogen and oxygen atoms in total. The lowest BCUT2D eigenvalue weighted by Crippen LogP contribution is -2.40. The van der Waals surface area contributed by atoms with Gasteiger partial charge in [-0.2, -0.15) is 13.5 Å². The zero-order chi connectivity index (χ0) is 16.9. The second-order valence-electron chi connectivity index (χ2n) is 6.03. The molecule has 5 heteroatoms. The molecule has 0 aliphatic heterocycles. The van der Waals surface area contributed by atoms with Crippen LogP contribution in [0.2, 0.25) is 0 Å². The number of carbonyl (C=O) groups is 2. The molecule has 1 aromatic carbocycles. The molecule has 3 amide bonds. The van der Waals surface area contributed by atoms with E-state index in [1.165, 1.54) is 32.1 Å². The Hall–Kier alpha value is -1.49. The summed E-state index contributed by atoms with van der Waals surface area (Å²) in [4.78, 5) is 23.5. The zero-order valence-electron chi connectivity index (χ0n) is 14.9. The van der Waals surface area contributed by atoms with Gasteiger partial charge in [-0.25, -0.2) is 4.79 Å². The first-order chi connectivity index (χ1) is 11.1. The summed E-state index contributed by atoms with van der Waals surface area (Å²) in [6, 6.07) is 9.14. The molecule has 0 spiro atoms. The average molecular weight is 353 g/mol. The Kier molecular flexibility index (Phi) is 13.0. The molecule has 136 valence electrons. The molecule has 0 bridgehead atoms. The van der Waals surface area contributed by atoms with Crippen LogP contribution in [0.1, 0.15) is 76.8 Å². The Balaban J connectivity index is 0.00000529. The number of hydrogen-bond acceptors (Lipinski definition) is 2. The maximum Gasteiger partial charge on any atom is 0.321 e. The molecule has 1 rings (SSSR count). The Morgan fingerprint density at radius 1 is 0.958 bits per heavy atom. The van der Waals surface area contributed by atoms with Crippen molar-refractivity contribution in [2.75, 3.05) is 0 Å². The van der Waals surface area contributed by atoms with E-state index >= 15 is 0 Å². The SMILES string of the molecule is CCCCCCCCCC(=O)NC(=O)N[C@@H](C)c1ccccc1.S. The van der Waals surface area contributed by atoms with Gasteiger partial charge in [0.05, 0.1) is 6.04 Å². The molecule has 0 aliphatic rings. The number of nitrogens with one attached hydrogen (secondary N) is 2. The summed E-state index contributed by atoms with van der Waals surface area (Å²) in [6.07, 6.45) is 8.55. The smallest absolute Gasteiger partial charge is 0.321 e. The number of amides is 3. The first-order valence-electron chi connectivity index (χ1n) is 8.78. The van der Waals surface area contributed by atoms with Gasteiger partial charge in [-0.15, -0.1) is 0 Å². The molecular formula is C19H32N2O2S. The van der Waals surface area contributed by atoms with Gasteiger partial charge in [-0.05, 0) is 18.9 Å². The van der Waals surface area contributed by atoms with Gasteiger partial charge in [0, 0.05) is 6.42 Å².